The van der Waals surface area contributed by atoms with Gasteiger partial charge in [-0.25, -0.2) is 4.79 Å². The van der Waals surface area contributed by atoms with E-state index in [4.69, 9.17) is 0 Å². The lowest BCUT2D eigenvalue weighted by Gasteiger charge is -2.28. The number of hydrogen-bond donors (Lipinski definition) is 12. The number of thioether (sulfide) groups is 1. The van der Waals surface area contributed by atoms with E-state index in [9.17, 15) is 68.4 Å². The number of carbonyl (C=O) groups excluding carboxylic acids is 8. The number of carbonyl (C=O) groups is 10. The van der Waals surface area contributed by atoms with Crippen LogP contribution in [0.25, 0.3) is 0 Å². The predicted molar refractivity (Wildman–Crippen MR) is 246 cm³/mol. The van der Waals surface area contributed by atoms with E-state index < -0.39 is 133 Å². The van der Waals surface area contributed by atoms with Gasteiger partial charge in [0.15, 0.2) is 6.54 Å². The molecule has 376 valence electrons. The molecule has 0 fully saturated rings. The molecule has 0 aliphatic rings. The van der Waals surface area contributed by atoms with Crippen molar-refractivity contribution >= 4 is 71.0 Å². The number of aliphatic hydroxyl groups is 2. The van der Waals surface area contributed by atoms with E-state index in [-0.39, 0.29) is 35.5 Å². The van der Waals surface area contributed by atoms with Gasteiger partial charge >= 0.3 is 11.9 Å². The van der Waals surface area contributed by atoms with Crippen molar-refractivity contribution in [3.63, 3.8) is 0 Å². The summed E-state index contributed by atoms with van der Waals surface area (Å²) < 4.78 is 0.234. The molecule has 0 heterocycles. The van der Waals surface area contributed by atoms with Gasteiger partial charge < -0.3 is 67.4 Å². The molecular weight excluding hydrogens is 899 g/mol. The molecule has 1 rings (SSSR count). The molecule has 0 aliphatic carbocycles. The Kier molecular flexibility index (Phi) is 25.6. The Morgan fingerprint density at radius 3 is 1.58 bits per heavy atom. The molecule has 0 aliphatic heterocycles. The molecule has 0 bridgehead atoms. The number of likely N-dealkylation sites (N-methyl/N-ethyl adjacent to an activating group) is 1. The minimum atomic E-state index is -1.72. The lowest BCUT2D eigenvalue weighted by atomic mass is 9.97. The Morgan fingerprint density at radius 1 is 0.597 bits per heavy atom. The fraction of sp³-hybridized carbons (Fsp3) is 0.628. The number of quaternary nitrogens is 1. The first-order valence-corrected chi connectivity index (χ1v) is 23.1. The summed E-state index contributed by atoms with van der Waals surface area (Å²) in [6.07, 6.45) is 0.971. The lowest BCUT2D eigenvalue weighted by Crippen LogP contribution is -2.61. The van der Waals surface area contributed by atoms with Gasteiger partial charge in [-0.2, -0.15) is 11.8 Å². The highest BCUT2D eigenvalue weighted by Gasteiger charge is 2.36. The Balaban J connectivity index is 3.19. The standard InChI is InChI=1S/C43H69N9O14S/c1-10-24(4)35(42(64)47-28(18-34(56)57)38(60)48-29(43(65)66)16-23(2)3)51-36(58)25(5)44-39(61)31(21-54)49-41(63)32(22-67-9)50-37(59)27(17-26-14-12-11-13-15-26)46-40(62)30(20-53)45-33(55)19-52(6,7)8/h11-15,23-25,27-32,35,53-54H,10,16-22H2,1-9H3,(H9-,44,45,46,47,48,49,50,51,55,56,57,58,59,60,61,62,63,64,65,66)/p+1/t24-,25-,27-,28-,29-,30-,31-,32-,35-/m0/s1. The van der Waals surface area contributed by atoms with E-state index in [2.05, 4.69) is 42.5 Å². The monoisotopic (exact) mass is 968 g/mol. The molecule has 0 aromatic heterocycles. The van der Waals surface area contributed by atoms with E-state index in [0.717, 1.165) is 11.8 Å². The summed E-state index contributed by atoms with van der Waals surface area (Å²) in [6, 6.07) is -3.08. The van der Waals surface area contributed by atoms with E-state index in [0.29, 0.717) is 12.0 Å². The van der Waals surface area contributed by atoms with Crippen LogP contribution in [-0.2, 0) is 54.4 Å². The zero-order valence-corrected chi connectivity index (χ0v) is 40.4. The fourth-order valence-electron chi connectivity index (χ4n) is 6.25. The molecule has 67 heavy (non-hydrogen) atoms. The fourth-order valence-corrected chi connectivity index (χ4v) is 6.82. The molecular formula is C43H70N9O14S+. The lowest BCUT2D eigenvalue weighted by molar-refractivity contribution is -0.862. The highest BCUT2D eigenvalue weighted by atomic mass is 32.2. The number of aliphatic carboxylic acids is 2. The molecule has 0 spiro atoms. The summed E-state index contributed by atoms with van der Waals surface area (Å²) >= 11 is 1.14. The summed E-state index contributed by atoms with van der Waals surface area (Å²) in [5, 5.41) is 58.4. The molecule has 1 aromatic carbocycles. The SMILES string of the molecule is CC[C@H](C)[C@H](NC(=O)[C@H](C)NC(=O)[C@H](CO)NC(=O)[C@H](CSC)NC(=O)[C@H](Cc1ccccc1)NC(=O)[C@H](CO)NC(=O)C[N+](C)(C)C)C(=O)N[C@@H](CC(=O)O)C(=O)N[C@@H](CC(C)C)C(=O)O. The van der Waals surface area contributed by atoms with Crippen LogP contribution in [0.4, 0.5) is 0 Å². The number of carboxylic acids is 2. The molecule has 0 unspecified atom stereocenters. The van der Waals surface area contributed by atoms with Crippen molar-refractivity contribution in [1.82, 2.24) is 42.5 Å². The Labute approximate surface area is 394 Å². The van der Waals surface area contributed by atoms with Gasteiger partial charge in [-0.3, -0.25) is 43.2 Å². The number of amides is 8. The molecule has 24 heteroatoms. The number of aliphatic hydroxyl groups excluding tert-OH is 2. The summed E-state index contributed by atoms with van der Waals surface area (Å²) in [7, 11) is 5.27. The largest absolute Gasteiger partial charge is 0.481 e. The first-order valence-electron chi connectivity index (χ1n) is 21.7. The van der Waals surface area contributed by atoms with Crippen molar-refractivity contribution in [3.8, 4) is 0 Å². The van der Waals surface area contributed by atoms with E-state index in [1.165, 1.54) is 6.92 Å². The number of nitrogens with one attached hydrogen (secondary N) is 8. The maximum Gasteiger partial charge on any atom is 0.326 e. The third-order valence-corrected chi connectivity index (χ3v) is 10.7. The van der Waals surface area contributed by atoms with Crippen LogP contribution in [-0.4, -0.2) is 185 Å². The van der Waals surface area contributed by atoms with Crippen molar-refractivity contribution < 1.29 is 72.9 Å². The van der Waals surface area contributed by atoms with Crippen LogP contribution in [0, 0.1) is 11.8 Å². The van der Waals surface area contributed by atoms with Crippen molar-refractivity contribution in [1.29, 1.82) is 0 Å². The normalized spacial score (nSPS) is 15.3. The van der Waals surface area contributed by atoms with Crippen molar-refractivity contribution in [2.45, 2.75) is 109 Å². The van der Waals surface area contributed by atoms with Gasteiger partial charge in [0.1, 0.15) is 48.3 Å². The van der Waals surface area contributed by atoms with Gasteiger partial charge in [0.2, 0.25) is 41.4 Å². The average Bonchev–Trinajstić information content (AvgIpc) is 3.24. The van der Waals surface area contributed by atoms with Gasteiger partial charge in [0, 0.05) is 12.2 Å². The van der Waals surface area contributed by atoms with Gasteiger partial charge in [-0.05, 0) is 37.0 Å². The van der Waals surface area contributed by atoms with Gasteiger partial charge in [0.05, 0.1) is 40.8 Å². The topological polar surface area (TPSA) is 348 Å². The molecule has 23 nitrogen and oxygen atoms in total. The van der Waals surface area contributed by atoms with Crippen molar-refractivity contribution in [2.75, 3.05) is 52.9 Å². The number of hydrogen-bond acceptors (Lipinski definition) is 13. The van der Waals surface area contributed by atoms with Crippen LogP contribution in [0.5, 0.6) is 0 Å². The molecule has 1 aromatic rings. The van der Waals surface area contributed by atoms with Gasteiger partial charge in [-0.15, -0.1) is 0 Å². The van der Waals surface area contributed by atoms with Gasteiger partial charge in [-0.1, -0.05) is 64.4 Å². The highest BCUT2D eigenvalue weighted by Crippen LogP contribution is 2.12. The van der Waals surface area contributed by atoms with E-state index in [1.54, 1.807) is 85.4 Å². The quantitative estimate of drug-likeness (QED) is 0.0339. The van der Waals surface area contributed by atoms with Crippen LogP contribution in [0.15, 0.2) is 30.3 Å². The molecule has 0 saturated carbocycles. The first kappa shape index (κ1) is 59.2. The molecule has 0 saturated heterocycles. The van der Waals surface area contributed by atoms with Crippen LogP contribution < -0.4 is 42.5 Å². The maximum atomic E-state index is 13.8. The second kappa shape index (κ2) is 29.0. The van der Waals surface area contributed by atoms with Crippen molar-refractivity contribution in [3.05, 3.63) is 35.9 Å². The number of nitrogens with zero attached hydrogens (tertiary/aromatic N) is 1. The van der Waals surface area contributed by atoms with Crippen LogP contribution in [0.1, 0.15) is 59.4 Å². The van der Waals surface area contributed by atoms with E-state index in [1.807, 2.05) is 0 Å². The second-order valence-corrected chi connectivity index (χ2v) is 18.5. The van der Waals surface area contributed by atoms with E-state index >= 15 is 0 Å². The average molecular weight is 969 g/mol. The zero-order chi connectivity index (χ0) is 51.2. The van der Waals surface area contributed by atoms with Crippen LogP contribution in [0.3, 0.4) is 0 Å². The summed E-state index contributed by atoms with van der Waals surface area (Å²) in [4.78, 5) is 130. The number of benzene rings is 1. The minimum absolute atomic E-state index is 0.0149. The zero-order valence-electron chi connectivity index (χ0n) is 39.5. The summed E-state index contributed by atoms with van der Waals surface area (Å²) in [6.45, 7) is 6.19. The Bertz CT molecular complexity index is 1870. The van der Waals surface area contributed by atoms with Gasteiger partial charge in [0.25, 0.3) is 5.91 Å². The minimum Gasteiger partial charge on any atom is -0.481 e. The van der Waals surface area contributed by atoms with Crippen LogP contribution in [0.2, 0.25) is 0 Å². The highest BCUT2D eigenvalue weighted by molar-refractivity contribution is 7.98. The predicted octanol–water partition coefficient (Wildman–Crippen LogP) is -3.17. The molecule has 0 radical (unpaired) electrons. The Morgan fingerprint density at radius 2 is 1.07 bits per heavy atom. The summed E-state index contributed by atoms with van der Waals surface area (Å²) in [5.41, 5.74) is 0.618. The van der Waals surface area contributed by atoms with Crippen molar-refractivity contribution in [2.24, 2.45) is 11.8 Å². The smallest absolute Gasteiger partial charge is 0.326 e. The molecule has 9 atom stereocenters. The molecule has 8 amide bonds. The maximum absolute atomic E-state index is 13.8. The number of carboxylic acid groups (broad SMARTS) is 2. The molecule has 12 N–H and O–H groups in total. The third-order valence-electron chi connectivity index (χ3n) is 10.0. The second-order valence-electron chi connectivity index (χ2n) is 17.6. The third kappa shape index (κ3) is 22.0. The van der Waals surface area contributed by atoms with Crippen LogP contribution >= 0.6 is 11.8 Å². The summed E-state index contributed by atoms with van der Waals surface area (Å²) in [5.74, 6) is -10.8. The first-order chi connectivity index (χ1) is 31.3. The number of rotatable bonds is 30. The Hall–Kier alpha value is -5.85.